The summed E-state index contributed by atoms with van der Waals surface area (Å²) >= 11 is 1.49. The van der Waals surface area contributed by atoms with Gasteiger partial charge in [0.15, 0.2) is 0 Å². The van der Waals surface area contributed by atoms with E-state index in [0.29, 0.717) is 12.1 Å². The fourth-order valence-electron chi connectivity index (χ4n) is 1.40. The Balaban J connectivity index is 0.00000128. The lowest BCUT2D eigenvalue weighted by Crippen LogP contribution is -3.00. The molecule has 0 aliphatic rings. The van der Waals surface area contributed by atoms with Gasteiger partial charge in [0.25, 0.3) is 0 Å². The second kappa shape index (κ2) is 5.64. The molecule has 0 spiro atoms. The van der Waals surface area contributed by atoms with Crippen LogP contribution in [0.4, 0.5) is 5.13 Å². The van der Waals surface area contributed by atoms with Gasteiger partial charge in [-0.1, -0.05) is 29.5 Å². The van der Waals surface area contributed by atoms with Crippen molar-refractivity contribution in [1.29, 1.82) is 5.26 Å². The number of hydrogen-bond acceptors (Lipinski definition) is 3. The summed E-state index contributed by atoms with van der Waals surface area (Å²) in [5.74, 6) is 0. The molecule has 1 aromatic carbocycles. The molecule has 1 aromatic heterocycles. The van der Waals surface area contributed by atoms with Crippen LogP contribution in [0.25, 0.3) is 0 Å². The van der Waals surface area contributed by atoms with Gasteiger partial charge in [0, 0.05) is 10.9 Å². The van der Waals surface area contributed by atoms with Crippen LogP contribution in [0.3, 0.4) is 0 Å². The summed E-state index contributed by atoms with van der Waals surface area (Å²) in [6, 6.07) is 9.74. The van der Waals surface area contributed by atoms with Crippen molar-refractivity contribution in [3.8, 4) is 6.07 Å². The van der Waals surface area contributed by atoms with E-state index in [2.05, 4.69) is 6.07 Å². The van der Waals surface area contributed by atoms with Crippen molar-refractivity contribution in [3.05, 3.63) is 47.0 Å². The molecule has 0 unspecified atom stereocenters. The van der Waals surface area contributed by atoms with Crippen molar-refractivity contribution in [2.45, 2.75) is 6.54 Å². The molecule has 0 atom stereocenters. The molecule has 0 saturated heterocycles. The van der Waals surface area contributed by atoms with Crippen molar-refractivity contribution in [2.24, 2.45) is 0 Å². The van der Waals surface area contributed by atoms with Crippen LogP contribution in [0.15, 0.2) is 35.8 Å². The molecule has 82 valence electrons. The average molecular weight is 296 g/mol. The van der Waals surface area contributed by atoms with Crippen LogP contribution in [0.1, 0.15) is 11.1 Å². The highest BCUT2D eigenvalue weighted by molar-refractivity contribution is 7.12. The van der Waals surface area contributed by atoms with E-state index in [9.17, 15) is 0 Å². The van der Waals surface area contributed by atoms with Gasteiger partial charge >= 0.3 is 5.13 Å². The van der Waals surface area contributed by atoms with Crippen molar-refractivity contribution < 1.29 is 21.5 Å². The van der Waals surface area contributed by atoms with Crippen LogP contribution in [0.2, 0.25) is 0 Å². The van der Waals surface area contributed by atoms with Crippen LogP contribution >= 0.6 is 11.3 Å². The van der Waals surface area contributed by atoms with Crippen LogP contribution in [0, 0.1) is 11.3 Å². The minimum Gasteiger partial charge on any atom is -1.00 e. The van der Waals surface area contributed by atoms with Crippen molar-refractivity contribution >= 4 is 16.5 Å². The molecule has 0 fully saturated rings. The standard InChI is InChI=1S/C11H9N3S.BrH/c12-7-9-3-1-2-4-10(9)8-14-5-6-15-11(14)13;/h1-6,13H,8H2;1H. The van der Waals surface area contributed by atoms with Gasteiger partial charge in [-0.15, -0.1) is 0 Å². The van der Waals surface area contributed by atoms with E-state index in [1.54, 1.807) is 0 Å². The van der Waals surface area contributed by atoms with Gasteiger partial charge in [-0.3, -0.25) is 5.73 Å². The molecule has 1 heterocycles. The quantitative estimate of drug-likeness (QED) is 0.689. The molecule has 3 nitrogen and oxygen atoms in total. The summed E-state index contributed by atoms with van der Waals surface area (Å²) < 4.78 is 1.93. The van der Waals surface area contributed by atoms with E-state index in [1.165, 1.54) is 11.3 Å². The van der Waals surface area contributed by atoms with E-state index in [1.807, 2.05) is 40.4 Å². The van der Waals surface area contributed by atoms with Gasteiger partial charge in [0.1, 0.15) is 12.7 Å². The Hall–Kier alpha value is -1.38. The van der Waals surface area contributed by atoms with E-state index >= 15 is 0 Å². The van der Waals surface area contributed by atoms with Gasteiger partial charge in [-0.2, -0.15) is 5.26 Å². The second-order valence-electron chi connectivity index (χ2n) is 3.14. The molecule has 2 aromatic rings. The van der Waals surface area contributed by atoms with E-state index in [-0.39, 0.29) is 17.0 Å². The predicted molar refractivity (Wildman–Crippen MR) is 59.2 cm³/mol. The first-order chi connectivity index (χ1) is 7.31. The lowest BCUT2D eigenvalue weighted by atomic mass is 10.1. The Morgan fingerprint density at radius 3 is 2.75 bits per heavy atom. The first-order valence-electron chi connectivity index (χ1n) is 4.51. The van der Waals surface area contributed by atoms with Crippen LogP contribution < -0.4 is 27.3 Å². The SMILES string of the molecule is N#Cc1ccccc1C[n+]1ccsc1N.[Br-]. The molecule has 0 radical (unpaired) electrons. The molecule has 5 heteroatoms. The smallest absolute Gasteiger partial charge is 0.331 e. The maximum Gasteiger partial charge on any atom is 0.331 e. The van der Waals surface area contributed by atoms with Crippen molar-refractivity contribution in [1.82, 2.24) is 0 Å². The second-order valence-corrected chi connectivity index (χ2v) is 4.06. The summed E-state index contributed by atoms with van der Waals surface area (Å²) in [6.07, 6.45) is 1.92. The van der Waals surface area contributed by atoms with Gasteiger partial charge in [-0.25, -0.2) is 4.57 Å². The lowest BCUT2D eigenvalue weighted by Gasteiger charge is -2.00. The van der Waals surface area contributed by atoms with Crippen LogP contribution in [0.5, 0.6) is 0 Å². The molecule has 2 N–H and O–H groups in total. The zero-order valence-electron chi connectivity index (χ0n) is 8.43. The Bertz CT molecular complexity index is 516. The number of thiazole rings is 1. The predicted octanol–water partition coefficient (Wildman–Crippen LogP) is -1.46. The molecule has 0 aliphatic carbocycles. The Morgan fingerprint density at radius 2 is 2.12 bits per heavy atom. The maximum absolute atomic E-state index is 8.93. The van der Waals surface area contributed by atoms with E-state index < -0.39 is 0 Å². The van der Waals surface area contributed by atoms with Crippen LogP contribution in [-0.2, 0) is 6.54 Å². The van der Waals surface area contributed by atoms with Gasteiger partial charge in [0.05, 0.1) is 11.6 Å². The maximum atomic E-state index is 8.93. The van der Waals surface area contributed by atoms with Crippen molar-refractivity contribution in [2.75, 3.05) is 5.73 Å². The number of anilines is 1. The molecule has 0 amide bonds. The van der Waals surface area contributed by atoms with Crippen molar-refractivity contribution in [3.63, 3.8) is 0 Å². The summed E-state index contributed by atoms with van der Waals surface area (Å²) in [7, 11) is 0. The first-order valence-corrected chi connectivity index (χ1v) is 5.39. The van der Waals surface area contributed by atoms with Gasteiger partial charge < -0.3 is 17.0 Å². The third-order valence-electron chi connectivity index (χ3n) is 2.19. The largest absolute Gasteiger partial charge is 1.00 e. The molecular weight excluding hydrogens is 286 g/mol. The van der Waals surface area contributed by atoms with Crippen LogP contribution in [-0.4, -0.2) is 0 Å². The number of nitrogens with two attached hydrogens (primary N) is 1. The molecule has 0 aliphatic heterocycles. The lowest BCUT2D eigenvalue weighted by molar-refractivity contribution is -0.669. The molecular formula is C11H10BrN3S. The fraction of sp³-hybridized carbons (Fsp3) is 0.0909. The van der Waals surface area contributed by atoms with E-state index in [0.717, 1.165) is 10.7 Å². The monoisotopic (exact) mass is 295 g/mol. The minimum absolute atomic E-state index is 0. The highest BCUT2D eigenvalue weighted by atomic mass is 79.9. The Labute approximate surface area is 109 Å². The number of nitriles is 1. The molecule has 16 heavy (non-hydrogen) atoms. The number of rotatable bonds is 2. The number of benzene rings is 1. The Kier molecular flexibility index (Phi) is 4.47. The minimum atomic E-state index is 0. The molecule has 0 saturated carbocycles. The normalized spacial score (nSPS) is 9.19. The number of halogens is 1. The third-order valence-corrected chi connectivity index (χ3v) is 2.92. The zero-order chi connectivity index (χ0) is 10.7. The highest BCUT2D eigenvalue weighted by Gasteiger charge is 2.08. The van der Waals surface area contributed by atoms with E-state index in [4.69, 9.17) is 11.0 Å². The number of aromatic nitrogens is 1. The van der Waals surface area contributed by atoms with Gasteiger partial charge in [0.2, 0.25) is 0 Å². The average Bonchev–Trinajstić information content (AvgIpc) is 2.65. The summed E-state index contributed by atoms with van der Waals surface area (Å²) in [5, 5.41) is 11.6. The summed E-state index contributed by atoms with van der Waals surface area (Å²) in [4.78, 5) is 0. The van der Waals surface area contributed by atoms with Gasteiger partial charge in [-0.05, 0) is 6.07 Å². The summed E-state index contributed by atoms with van der Waals surface area (Å²) in [6.45, 7) is 0.652. The number of nitrogen functional groups attached to an aromatic ring is 1. The first kappa shape index (κ1) is 12.7. The Morgan fingerprint density at radius 1 is 1.38 bits per heavy atom. The fourth-order valence-corrected chi connectivity index (χ4v) is 2.00. The summed E-state index contributed by atoms with van der Waals surface area (Å²) in [5.41, 5.74) is 7.48. The zero-order valence-corrected chi connectivity index (χ0v) is 10.8. The third kappa shape index (κ3) is 2.60. The topological polar surface area (TPSA) is 53.7 Å². The molecule has 0 bridgehead atoms. The highest BCUT2D eigenvalue weighted by Crippen LogP contribution is 2.09. The number of hydrogen-bond donors (Lipinski definition) is 1. The number of nitrogens with zero attached hydrogens (tertiary/aromatic N) is 2. The molecule has 2 rings (SSSR count).